The number of nitrogens with two attached hydrogens (primary N) is 1. The van der Waals surface area contributed by atoms with E-state index in [1.165, 1.54) is 0 Å². The molecule has 0 amide bonds. The lowest BCUT2D eigenvalue weighted by Crippen LogP contribution is -2.08. The van der Waals surface area contributed by atoms with Crippen LogP contribution in [0, 0.1) is 0 Å². The van der Waals surface area contributed by atoms with E-state index in [1.807, 2.05) is 19.9 Å². The van der Waals surface area contributed by atoms with Gasteiger partial charge in [-0.2, -0.15) is 0 Å². The number of aromatic nitrogens is 1. The van der Waals surface area contributed by atoms with Crippen LogP contribution < -0.4 is 19.9 Å². The van der Waals surface area contributed by atoms with Gasteiger partial charge in [0, 0.05) is 6.07 Å². The zero-order valence-corrected chi connectivity index (χ0v) is 12.0. The van der Waals surface area contributed by atoms with Gasteiger partial charge < -0.3 is 24.5 Å². The second kappa shape index (κ2) is 5.73. The first-order valence-electron chi connectivity index (χ1n) is 6.21. The lowest BCUT2D eigenvalue weighted by Gasteiger charge is -2.18. The molecule has 0 aliphatic rings. The fourth-order valence-electron chi connectivity index (χ4n) is 1.87. The Balaban J connectivity index is 2.61. The Morgan fingerprint density at radius 1 is 1.15 bits per heavy atom. The molecular formula is C14H18N2O4. The van der Waals surface area contributed by atoms with E-state index in [9.17, 15) is 0 Å². The van der Waals surface area contributed by atoms with Crippen LogP contribution >= 0.6 is 0 Å². The molecule has 108 valence electrons. The minimum atomic E-state index is -0.0287. The average molecular weight is 278 g/mol. The largest absolute Gasteiger partial charge is 0.493 e. The highest BCUT2D eigenvalue weighted by molar-refractivity contribution is 5.74. The van der Waals surface area contributed by atoms with Crippen molar-refractivity contribution in [3.63, 3.8) is 0 Å². The third kappa shape index (κ3) is 2.64. The number of hydrogen-bond donors (Lipinski definition) is 1. The molecule has 0 radical (unpaired) electrons. The molecule has 2 aromatic rings. The summed E-state index contributed by atoms with van der Waals surface area (Å²) in [6, 6.07) is 5.25. The van der Waals surface area contributed by atoms with Crippen molar-refractivity contribution in [1.82, 2.24) is 5.16 Å². The van der Waals surface area contributed by atoms with Gasteiger partial charge in [-0.15, -0.1) is 0 Å². The smallest absolute Gasteiger partial charge is 0.222 e. The van der Waals surface area contributed by atoms with Gasteiger partial charge in [0.1, 0.15) is 5.69 Å². The van der Waals surface area contributed by atoms with Crippen LogP contribution in [0.25, 0.3) is 11.3 Å². The first-order valence-corrected chi connectivity index (χ1v) is 6.21. The maximum Gasteiger partial charge on any atom is 0.222 e. The van der Waals surface area contributed by atoms with Gasteiger partial charge in [-0.1, -0.05) is 5.16 Å². The molecule has 2 rings (SSSR count). The molecule has 6 nitrogen and oxygen atoms in total. The summed E-state index contributed by atoms with van der Waals surface area (Å²) < 4.78 is 21.4. The van der Waals surface area contributed by atoms with E-state index in [-0.39, 0.29) is 12.0 Å². The first kappa shape index (κ1) is 14.0. The maximum absolute atomic E-state index is 5.85. The third-order valence-electron chi connectivity index (χ3n) is 2.66. The highest BCUT2D eigenvalue weighted by atomic mass is 16.5. The van der Waals surface area contributed by atoms with Crippen LogP contribution in [-0.4, -0.2) is 25.5 Å². The molecule has 20 heavy (non-hydrogen) atoms. The highest BCUT2D eigenvalue weighted by Gasteiger charge is 2.20. The van der Waals surface area contributed by atoms with Gasteiger partial charge in [-0.05, 0) is 26.0 Å². The summed E-state index contributed by atoms with van der Waals surface area (Å²) in [4.78, 5) is 0. The van der Waals surface area contributed by atoms with Gasteiger partial charge in [0.15, 0.2) is 11.5 Å². The van der Waals surface area contributed by atoms with E-state index in [1.54, 1.807) is 26.4 Å². The fraction of sp³-hybridized carbons (Fsp3) is 0.357. The topological polar surface area (TPSA) is 79.7 Å². The second-order valence-corrected chi connectivity index (χ2v) is 4.46. The molecule has 0 spiro atoms. The number of anilines is 1. The Morgan fingerprint density at radius 2 is 1.90 bits per heavy atom. The average Bonchev–Trinajstić information content (AvgIpc) is 2.84. The van der Waals surface area contributed by atoms with Crippen molar-refractivity contribution >= 4 is 5.88 Å². The SMILES string of the molecule is COc1ccc(-c2cc(N)on2)c(OC(C)C)c1OC. The Hall–Kier alpha value is -2.37. The summed E-state index contributed by atoms with van der Waals surface area (Å²) in [6.45, 7) is 3.86. The maximum atomic E-state index is 5.85. The van der Waals surface area contributed by atoms with E-state index < -0.39 is 0 Å². The predicted molar refractivity (Wildman–Crippen MR) is 75.2 cm³/mol. The van der Waals surface area contributed by atoms with Gasteiger partial charge in [0.2, 0.25) is 11.6 Å². The van der Waals surface area contributed by atoms with Gasteiger partial charge in [-0.25, -0.2) is 0 Å². The Kier molecular flexibility index (Phi) is 4.02. The molecule has 0 unspecified atom stereocenters. The van der Waals surface area contributed by atoms with Crippen LogP contribution in [0.4, 0.5) is 5.88 Å². The third-order valence-corrected chi connectivity index (χ3v) is 2.66. The molecule has 0 aliphatic heterocycles. The van der Waals surface area contributed by atoms with E-state index in [4.69, 9.17) is 24.5 Å². The number of ether oxygens (including phenoxy) is 3. The molecule has 0 saturated carbocycles. The molecule has 2 N–H and O–H groups in total. The summed E-state index contributed by atoms with van der Waals surface area (Å²) in [7, 11) is 3.14. The number of rotatable bonds is 5. The van der Waals surface area contributed by atoms with Gasteiger partial charge in [0.25, 0.3) is 0 Å². The lowest BCUT2D eigenvalue weighted by atomic mass is 10.1. The summed E-state index contributed by atoms with van der Waals surface area (Å²) in [5, 5.41) is 3.91. The molecular weight excluding hydrogens is 260 g/mol. The molecule has 1 heterocycles. The minimum Gasteiger partial charge on any atom is -0.493 e. The summed E-state index contributed by atoms with van der Waals surface area (Å²) >= 11 is 0. The van der Waals surface area contributed by atoms with Crippen molar-refractivity contribution in [2.75, 3.05) is 20.0 Å². The minimum absolute atomic E-state index is 0.0287. The number of benzene rings is 1. The Bertz CT molecular complexity index is 593. The monoisotopic (exact) mass is 278 g/mol. The van der Waals surface area contributed by atoms with E-state index in [0.29, 0.717) is 22.9 Å². The molecule has 1 aromatic carbocycles. The molecule has 0 atom stereocenters. The van der Waals surface area contributed by atoms with Gasteiger partial charge in [-0.3, -0.25) is 0 Å². The van der Waals surface area contributed by atoms with Crippen molar-refractivity contribution in [1.29, 1.82) is 0 Å². The zero-order valence-electron chi connectivity index (χ0n) is 12.0. The van der Waals surface area contributed by atoms with Crippen molar-refractivity contribution in [3.05, 3.63) is 18.2 Å². The van der Waals surface area contributed by atoms with Crippen molar-refractivity contribution in [2.45, 2.75) is 20.0 Å². The number of hydrogen-bond acceptors (Lipinski definition) is 6. The van der Waals surface area contributed by atoms with Crippen molar-refractivity contribution in [2.24, 2.45) is 0 Å². The number of nitrogen functional groups attached to an aromatic ring is 1. The van der Waals surface area contributed by atoms with Crippen LogP contribution in [0.3, 0.4) is 0 Å². The molecule has 0 fully saturated rings. The molecule has 1 aromatic heterocycles. The first-order chi connectivity index (χ1) is 9.56. The van der Waals surface area contributed by atoms with Crippen LogP contribution in [-0.2, 0) is 0 Å². The second-order valence-electron chi connectivity index (χ2n) is 4.46. The lowest BCUT2D eigenvalue weighted by molar-refractivity contribution is 0.227. The normalized spacial score (nSPS) is 10.7. The number of nitrogens with zero attached hydrogens (tertiary/aromatic N) is 1. The van der Waals surface area contributed by atoms with Crippen LogP contribution in [0.5, 0.6) is 17.2 Å². The molecule has 6 heteroatoms. The summed E-state index contributed by atoms with van der Waals surface area (Å²) in [5.74, 6) is 1.89. The highest BCUT2D eigenvalue weighted by Crippen LogP contribution is 2.44. The Morgan fingerprint density at radius 3 is 2.40 bits per heavy atom. The molecule has 0 aliphatic carbocycles. The summed E-state index contributed by atoms with van der Waals surface area (Å²) in [5.41, 5.74) is 6.88. The Labute approximate surface area is 117 Å². The standard InChI is InChI=1S/C14H18N2O4/c1-8(2)19-13-9(10-7-12(15)20-16-10)5-6-11(17-3)14(13)18-4/h5-8H,15H2,1-4H3. The van der Waals surface area contributed by atoms with Crippen LogP contribution in [0.1, 0.15) is 13.8 Å². The quantitative estimate of drug-likeness (QED) is 0.905. The van der Waals surface area contributed by atoms with E-state index >= 15 is 0 Å². The van der Waals surface area contributed by atoms with Crippen LogP contribution in [0.15, 0.2) is 22.7 Å². The van der Waals surface area contributed by atoms with Crippen molar-refractivity contribution in [3.8, 4) is 28.5 Å². The predicted octanol–water partition coefficient (Wildman–Crippen LogP) is 2.73. The van der Waals surface area contributed by atoms with Gasteiger partial charge >= 0.3 is 0 Å². The summed E-state index contributed by atoms with van der Waals surface area (Å²) in [6.07, 6.45) is -0.0287. The number of methoxy groups -OCH3 is 2. The van der Waals surface area contributed by atoms with E-state index in [2.05, 4.69) is 5.16 Å². The van der Waals surface area contributed by atoms with E-state index in [0.717, 1.165) is 5.56 Å². The fourth-order valence-corrected chi connectivity index (χ4v) is 1.87. The zero-order chi connectivity index (χ0) is 14.7. The molecule has 0 saturated heterocycles. The molecule has 0 bridgehead atoms. The van der Waals surface area contributed by atoms with Crippen LogP contribution in [0.2, 0.25) is 0 Å². The van der Waals surface area contributed by atoms with Gasteiger partial charge in [0.05, 0.1) is 25.9 Å². The van der Waals surface area contributed by atoms with Crippen molar-refractivity contribution < 1.29 is 18.7 Å².